The van der Waals surface area contributed by atoms with Crippen LogP contribution < -0.4 is 9.47 Å². The number of carboxylic acids is 1. The SMILES string of the molecule is CC(C)Oc1ccc(-n2c(C(=O)O)c(Cl)c3nc(Oc4cccc(Cl)c4)ccc32)cc1. The molecular formula is C23H18Cl2N2O4. The van der Waals surface area contributed by atoms with Crippen molar-refractivity contribution < 1.29 is 19.4 Å². The van der Waals surface area contributed by atoms with Gasteiger partial charge in [-0.3, -0.25) is 0 Å². The van der Waals surface area contributed by atoms with Gasteiger partial charge >= 0.3 is 5.97 Å². The number of aromatic nitrogens is 2. The number of hydrogen-bond acceptors (Lipinski definition) is 4. The zero-order valence-electron chi connectivity index (χ0n) is 16.7. The lowest BCUT2D eigenvalue weighted by Gasteiger charge is -2.12. The number of benzene rings is 2. The van der Waals surface area contributed by atoms with Crippen LogP contribution in [0.1, 0.15) is 24.3 Å². The van der Waals surface area contributed by atoms with Crippen molar-refractivity contribution in [2.24, 2.45) is 0 Å². The molecule has 0 amide bonds. The van der Waals surface area contributed by atoms with Gasteiger partial charge in [-0.25, -0.2) is 9.78 Å². The molecule has 2 aromatic heterocycles. The van der Waals surface area contributed by atoms with E-state index >= 15 is 0 Å². The van der Waals surface area contributed by atoms with Crippen LogP contribution in [0.15, 0.2) is 60.7 Å². The van der Waals surface area contributed by atoms with Crippen molar-refractivity contribution in [1.29, 1.82) is 0 Å². The third-order valence-corrected chi connectivity index (χ3v) is 5.01. The summed E-state index contributed by atoms with van der Waals surface area (Å²) < 4.78 is 13.0. The summed E-state index contributed by atoms with van der Waals surface area (Å²) in [6.45, 7) is 3.87. The van der Waals surface area contributed by atoms with Gasteiger partial charge in [0.25, 0.3) is 0 Å². The van der Waals surface area contributed by atoms with Crippen LogP contribution in [0, 0.1) is 0 Å². The topological polar surface area (TPSA) is 73.6 Å². The van der Waals surface area contributed by atoms with Gasteiger partial charge in [-0.05, 0) is 62.4 Å². The Bertz CT molecular complexity index is 1270. The van der Waals surface area contributed by atoms with Crippen LogP contribution in [0.3, 0.4) is 0 Å². The fourth-order valence-electron chi connectivity index (χ4n) is 3.22. The monoisotopic (exact) mass is 456 g/mol. The molecule has 0 bridgehead atoms. The van der Waals surface area contributed by atoms with Crippen LogP contribution in [0.2, 0.25) is 10.0 Å². The molecule has 4 rings (SSSR count). The second-order valence-electron chi connectivity index (χ2n) is 7.04. The Balaban J connectivity index is 1.80. The molecule has 31 heavy (non-hydrogen) atoms. The molecule has 0 fully saturated rings. The standard InChI is InChI=1S/C23H18Cl2N2O4/c1-13(2)30-16-8-6-15(7-9-16)27-18-10-11-19(31-17-5-3-4-14(24)12-17)26-21(18)20(25)22(27)23(28)29/h3-13H,1-2H3,(H,28,29). The molecule has 0 aliphatic heterocycles. The Morgan fingerprint density at radius 2 is 1.77 bits per heavy atom. The second kappa shape index (κ2) is 8.49. The minimum Gasteiger partial charge on any atom is -0.491 e. The van der Waals surface area contributed by atoms with Crippen molar-refractivity contribution in [2.75, 3.05) is 0 Å². The Labute approximate surface area is 188 Å². The van der Waals surface area contributed by atoms with Gasteiger partial charge in [0.05, 0.1) is 11.6 Å². The summed E-state index contributed by atoms with van der Waals surface area (Å²) in [4.78, 5) is 16.4. The third kappa shape index (κ3) is 4.31. The van der Waals surface area contributed by atoms with Crippen LogP contribution >= 0.6 is 23.2 Å². The van der Waals surface area contributed by atoms with E-state index in [1.807, 2.05) is 13.8 Å². The predicted molar refractivity (Wildman–Crippen MR) is 120 cm³/mol. The first-order valence-electron chi connectivity index (χ1n) is 9.48. The van der Waals surface area contributed by atoms with Crippen LogP contribution in [0.4, 0.5) is 0 Å². The van der Waals surface area contributed by atoms with Gasteiger partial charge in [0.15, 0.2) is 5.69 Å². The smallest absolute Gasteiger partial charge is 0.354 e. The van der Waals surface area contributed by atoms with Gasteiger partial charge < -0.3 is 19.1 Å². The lowest BCUT2D eigenvalue weighted by Crippen LogP contribution is -2.08. The van der Waals surface area contributed by atoms with E-state index in [9.17, 15) is 9.90 Å². The summed E-state index contributed by atoms with van der Waals surface area (Å²) >= 11 is 12.4. The molecule has 0 aliphatic carbocycles. The zero-order valence-corrected chi connectivity index (χ0v) is 18.2. The molecule has 4 aromatic rings. The minimum atomic E-state index is -1.16. The summed E-state index contributed by atoms with van der Waals surface area (Å²) in [7, 11) is 0. The van der Waals surface area contributed by atoms with Gasteiger partial charge in [0.2, 0.25) is 5.88 Å². The van der Waals surface area contributed by atoms with Crippen LogP contribution in [-0.4, -0.2) is 26.7 Å². The van der Waals surface area contributed by atoms with E-state index in [2.05, 4.69) is 4.98 Å². The lowest BCUT2D eigenvalue weighted by atomic mass is 10.2. The Morgan fingerprint density at radius 1 is 1.03 bits per heavy atom. The first-order chi connectivity index (χ1) is 14.8. The normalized spacial score (nSPS) is 11.1. The van der Waals surface area contributed by atoms with E-state index in [0.29, 0.717) is 33.2 Å². The van der Waals surface area contributed by atoms with E-state index in [1.165, 1.54) is 0 Å². The first kappa shape index (κ1) is 21.0. The van der Waals surface area contributed by atoms with Gasteiger partial charge in [-0.2, -0.15) is 0 Å². The number of fused-ring (bicyclic) bond motifs is 1. The highest BCUT2D eigenvalue weighted by molar-refractivity contribution is 6.38. The maximum absolute atomic E-state index is 12.0. The molecular weight excluding hydrogens is 439 g/mol. The molecule has 0 atom stereocenters. The van der Waals surface area contributed by atoms with E-state index in [-0.39, 0.29) is 22.7 Å². The lowest BCUT2D eigenvalue weighted by molar-refractivity contribution is 0.0689. The molecule has 8 heteroatoms. The number of nitrogens with zero attached hydrogens (tertiary/aromatic N) is 2. The average molecular weight is 457 g/mol. The molecule has 6 nitrogen and oxygen atoms in total. The first-order valence-corrected chi connectivity index (χ1v) is 10.2. The molecule has 0 saturated carbocycles. The van der Waals surface area contributed by atoms with E-state index in [4.69, 9.17) is 32.7 Å². The van der Waals surface area contributed by atoms with Gasteiger partial charge in [0, 0.05) is 16.8 Å². The number of aromatic carboxylic acids is 1. The molecule has 2 aromatic carbocycles. The molecule has 1 N–H and O–H groups in total. The number of rotatable bonds is 6. The number of hydrogen-bond donors (Lipinski definition) is 1. The van der Waals surface area contributed by atoms with Crippen molar-refractivity contribution in [3.05, 3.63) is 76.4 Å². The van der Waals surface area contributed by atoms with E-state index in [1.54, 1.807) is 65.2 Å². The summed E-state index contributed by atoms with van der Waals surface area (Å²) in [5, 5.41) is 10.4. The number of carboxylic acid groups (broad SMARTS) is 1. The second-order valence-corrected chi connectivity index (χ2v) is 7.85. The maximum atomic E-state index is 12.0. The number of carbonyl (C=O) groups is 1. The van der Waals surface area contributed by atoms with Crippen molar-refractivity contribution in [3.63, 3.8) is 0 Å². The molecule has 0 saturated heterocycles. The third-order valence-electron chi connectivity index (χ3n) is 4.42. The van der Waals surface area contributed by atoms with Crippen molar-refractivity contribution in [2.45, 2.75) is 20.0 Å². The molecule has 158 valence electrons. The van der Waals surface area contributed by atoms with Crippen molar-refractivity contribution in [1.82, 2.24) is 9.55 Å². The summed E-state index contributed by atoms with van der Waals surface area (Å²) in [5.41, 5.74) is 1.40. The average Bonchev–Trinajstić information content (AvgIpc) is 3.00. The molecule has 0 radical (unpaired) electrons. The molecule has 2 heterocycles. The van der Waals surface area contributed by atoms with Gasteiger partial charge in [-0.1, -0.05) is 29.3 Å². The minimum absolute atomic E-state index is 0.0292. The quantitative estimate of drug-likeness (QED) is 0.353. The number of halogens is 2. The van der Waals surface area contributed by atoms with Crippen molar-refractivity contribution >= 4 is 40.2 Å². The van der Waals surface area contributed by atoms with Crippen LogP contribution in [0.5, 0.6) is 17.4 Å². The number of ether oxygens (including phenoxy) is 2. The Kier molecular flexibility index (Phi) is 5.76. The Hall–Kier alpha value is -3.22. The molecule has 0 aliphatic rings. The largest absolute Gasteiger partial charge is 0.491 e. The zero-order chi connectivity index (χ0) is 22.1. The van der Waals surface area contributed by atoms with Crippen LogP contribution in [-0.2, 0) is 0 Å². The summed E-state index contributed by atoms with van der Waals surface area (Å²) in [5.74, 6) is 0.303. The van der Waals surface area contributed by atoms with E-state index in [0.717, 1.165) is 0 Å². The highest BCUT2D eigenvalue weighted by Crippen LogP contribution is 2.35. The Morgan fingerprint density at radius 3 is 2.42 bits per heavy atom. The number of pyridine rings is 1. The van der Waals surface area contributed by atoms with Crippen LogP contribution in [0.25, 0.3) is 16.7 Å². The molecule has 0 spiro atoms. The predicted octanol–water partition coefficient (Wildman–Crippen LogP) is 6.61. The fourth-order valence-corrected chi connectivity index (χ4v) is 3.70. The summed E-state index contributed by atoms with van der Waals surface area (Å²) in [6, 6.07) is 17.4. The summed E-state index contributed by atoms with van der Waals surface area (Å²) in [6.07, 6.45) is 0.0319. The highest BCUT2D eigenvalue weighted by Gasteiger charge is 2.24. The fraction of sp³-hybridized carbons (Fsp3) is 0.130. The van der Waals surface area contributed by atoms with Gasteiger partial charge in [0.1, 0.15) is 22.0 Å². The van der Waals surface area contributed by atoms with Crippen molar-refractivity contribution in [3.8, 4) is 23.1 Å². The maximum Gasteiger partial charge on any atom is 0.354 e. The van der Waals surface area contributed by atoms with Gasteiger partial charge in [-0.15, -0.1) is 0 Å². The van der Waals surface area contributed by atoms with E-state index < -0.39 is 5.97 Å². The highest BCUT2D eigenvalue weighted by atomic mass is 35.5. The molecule has 0 unspecified atom stereocenters.